The molecule has 1 aliphatic carbocycles. The number of carbonyl (C=O) groups is 1. The molecule has 0 radical (unpaired) electrons. The van der Waals surface area contributed by atoms with Crippen LogP contribution in [-0.2, 0) is 4.79 Å². The van der Waals surface area contributed by atoms with Crippen molar-refractivity contribution >= 4 is 17.5 Å². The Balaban J connectivity index is 2.48. The molecule has 17 heavy (non-hydrogen) atoms. The van der Waals surface area contributed by atoms with Crippen LogP contribution < -0.4 is 0 Å². The second kappa shape index (κ2) is 6.24. The fourth-order valence-corrected chi connectivity index (χ4v) is 4.13. The van der Waals surface area contributed by atoms with Gasteiger partial charge in [-0.05, 0) is 31.6 Å². The van der Waals surface area contributed by atoms with Gasteiger partial charge >= 0.3 is 0 Å². The van der Waals surface area contributed by atoms with Crippen molar-refractivity contribution in [3.05, 3.63) is 0 Å². The average Bonchev–Trinajstić information content (AvgIpc) is 2.15. The molecule has 1 aliphatic rings. The molecule has 1 N–H and O–H groups in total. The molecule has 0 saturated heterocycles. The van der Waals surface area contributed by atoms with Gasteiger partial charge in [0.15, 0.2) is 0 Å². The van der Waals surface area contributed by atoms with E-state index in [0.29, 0.717) is 18.3 Å². The van der Waals surface area contributed by atoms with Crippen molar-refractivity contribution in [1.29, 1.82) is 0 Å². The van der Waals surface area contributed by atoms with Crippen molar-refractivity contribution in [2.75, 3.05) is 5.75 Å². The fourth-order valence-electron chi connectivity index (χ4n) is 2.73. The number of aliphatic hydroxyl groups is 1. The van der Waals surface area contributed by atoms with Crippen molar-refractivity contribution < 1.29 is 9.90 Å². The molecule has 3 atom stereocenters. The van der Waals surface area contributed by atoms with Crippen molar-refractivity contribution in [3.8, 4) is 0 Å². The Morgan fingerprint density at radius 3 is 2.59 bits per heavy atom. The van der Waals surface area contributed by atoms with E-state index in [9.17, 15) is 9.90 Å². The van der Waals surface area contributed by atoms with Crippen molar-refractivity contribution in [2.24, 2.45) is 11.8 Å². The van der Waals surface area contributed by atoms with E-state index in [0.717, 1.165) is 18.6 Å². The monoisotopic (exact) mass is 258 g/mol. The largest absolute Gasteiger partial charge is 0.393 e. The molecular weight excluding hydrogens is 232 g/mol. The first-order valence-corrected chi connectivity index (χ1v) is 7.63. The first-order valence-electron chi connectivity index (χ1n) is 6.64. The normalized spacial score (nSPS) is 30.3. The van der Waals surface area contributed by atoms with E-state index in [-0.39, 0.29) is 16.6 Å². The van der Waals surface area contributed by atoms with E-state index < -0.39 is 0 Å². The van der Waals surface area contributed by atoms with Crippen molar-refractivity contribution in [3.63, 3.8) is 0 Å². The zero-order chi connectivity index (χ0) is 13.1. The molecule has 1 saturated carbocycles. The Hall–Kier alpha value is -0.0200. The van der Waals surface area contributed by atoms with Crippen LogP contribution in [0.4, 0.5) is 0 Å². The molecule has 0 spiro atoms. The molecule has 1 fully saturated rings. The van der Waals surface area contributed by atoms with Gasteiger partial charge in [0.05, 0.1) is 6.10 Å². The van der Waals surface area contributed by atoms with Crippen LogP contribution in [0.2, 0.25) is 0 Å². The maximum atomic E-state index is 11.0. The Morgan fingerprint density at radius 2 is 2.06 bits per heavy atom. The third kappa shape index (κ3) is 4.63. The van der Waals surface area contributed by atoms with Gasteiger partial charge in [0.25, 0.3) is 0 Å². The molecule has 2 nitrogen and oxygen atoms in total. The summed E-state index contributed by atoms with van der Waals surface area (Å²) in [6.45, 7) is 8.28. The van der Waals surface area contributed by atoms with Crippen LogP contribution in [0, 0.1) is 11.8 Å². The van der Waals surface area contributed by atoms with Gasteiger partial charge < -0.3 is 5.11 Å². The van der Waals surface area contributed by atoms with Crippen molar-refractivity contribution in [2.45, 2.75) is 64.2 Å². The Kier molecular flexibility index (Phi) is 5.52. The second-order valence-corrected chi connectivity index (χ2v) is 7.75. The molecule has 0 aliphatic heterocycles. The predicted molar refractivity (Wildman–Crippen MR) is 74.3 cm³/mol. The van der Waals surface area contributed by atoms with E-state index in [1.54, 1.807) is 6.92 Å². The van der Waals surface area contributed by atoms with Crippen LogP contribution in [0.25, 0.3) is 0 Å². The summed E-state index contributed by atoms with van der Waals surface area (Å²) in [6.07, 6.45) is 3.74. The lowest BCUT2D eigenvalue weighted by atomic mass is 9.75. The number of hydrogen-bond donors (Lipinski definition) is 1. The summed E-state index contributed by atoms with van der Waals surface area (Å²) < 4.78 is 0.0784. The standard InChI is InChI=1S/C14H26O2S/c1-10-5-6-12(13(16)9-10)14(3,4)17-8-7-11(2)15/h10,12-13,16H,5-9H2,1-4H3/t10-,12-,13-/m1/s1. The third-order valence-electron chi connectivity index (χ3n) is 3.90. The number of hydrogen-bond acceptors (Lipinski definition) is 3. The number of ketones is 1. The van der Waals surface area contributed by atoms with E-state index in [4.69, 9.17) is 0 Å². The van der Waals surface area contributed by atoms with Crippen LogP contribution in [0.3, 0.4) is 0 Å². The summed E-state index contributed by atoms with van der Waals surface area (Å²) in [5.41, 5.74) is 0. The highest BCUT2D eigenvalue weighted by Gasteiger charge is 2.38. The van der Waals surface area contributed by atoms with Crippen LogP contribution in [0.1, 0.15) is 53.4 Å². The number of rotatable bonds is 5. The molecule has 0 aromatic carbocycles. The maximum absolute atomic E-state index is 11.0. The number of Topliss-reactive ketones (excluding diaryl/α,β-unsaturated/α-hetero) is 1. The summed E-state index contributed by atoms with van der Waals surface area (Å²) in [4.78, 5) is 11.0. The topological polar surface area (TPSA) is 37.3 Å². The summed E-state index contributed by atoms with van der Waals surface area (Å²) >= 11 is 1.84. The number of thioether (sulfide) groups is 1. The molecule has 0 unspecified atom stereocenters. The highest BCUT2D eigenvalue weighted by molar-refractivity contribution is 8.00. The Morgan fingerprint density at radius 1 is 1.41 bits per heavy atom. The number of aliphatic hydroxyl groups excluding tert-OH is 1. The average molecular weight is 258 g/mol. The van der Waals surface area contributed by atoms with Gasteiger partial charge in [0.2, 0.25) is 0 Å². The van der Waals surface area contributed by atoms with Gasteiger partial charge in [-0.2, -0.15) is 11.8 Å². The first-order chi connectivity index (χ1) is 7.83. The molecule has 3 heteroatoms. The highest BCUT2D eigenvalue weighted by atomic mass is 32.2. The zero-order valence-electron chi connectivity index (χ0n) is 11.5. The minimum absolute atomic E-state index is 0.0784. The number of carbonyl (C=O) groups excluding carboxylic acids is 1. The van der Waals surface area contributed by atoms with E-state index in [2.05, 4.69) is 20.8 Å². The van der Waals surface area contributed by atoms with Gasteiger partial charge in [0, 0.05) is 16.9 Å². The molecule has 0 aromatic heterocycles. The first kappa shape index (κ1) is 15.0. The molecular formula is C14H26O2S. The molecule has 1 rings (SSSR count). The quantitative estimate of drug-likeness (QED) is 0.822. The van der Waals surface area contributed by atoms with Crippen LogP contribution in [0.5, 0.6) is 0 Å². The minimum atomic E-state index is -0.168. The Bertz CT molecular complexity index is 263. The maximum Gasteiger partial charge on any atom is 0.130 e. The lowest BCUT2D eigenvalue weighted by Crippen LogP contribution is -2.41. The second-order valence-electron chi connectivity index (χ2n) is 6.00. The molecule has 0 bridgehead atoms. The minimum Gasteiger partial charge on any atom is -0.393 e. The van der Waals surface area contributed by atoms with Crippen molar-refractivity contribution in [1.82, 2.24) is 0 Å². The van der Waals surface area contributed by atoms with E-state index in [1.807, 2.05) is 11.8 Å². The van der Waals surface area contributed by atoms with E-state index >= 15 is 0 Å². The summed E-state index contributed by atoms with van der Waals surface area (Å²) in [5, 5.41) is 10.2. The van der Waals surface area contributed by atoms with Gasteiger partial charge in [0.1, 0.15) is 5.78 Å². The fraction of sp³-hybridized carbons (Fsp3) is 0.929. The SMILES string of the molecule is CC(=O)CCSC(C)(C)[C@@H]1CC[C@@H](C)C[C@H]1O. The third-order valence-corrected chi connectivity index (χ3v) is 5.35. The van der Waals surface area contributed by atoms with E-state index in [1.165, 1.54) is 6.42 Å². The van der Waals surface area contributed by atoms with Gasteiger partial charge in [-0.25, -0.2) is 0 Å². The van der Waals surface area contributed by atoms with Gasteiger partial charge in [-0.3, -0.25) is 4.79 Å². The summed E-state index contributed by atoms with van der Waals surface area (Å²) in [5.74, 6) is 2.15. The lowest BCUT2D eigenvalue weighted by Gasteiger charge is -2.41. The summed E-state index contributed by atoms with van der Waals surface area (Å²) in [6, 6.07) is 0. The smallest absolute Gasteiger partial charge is 0.130 e. The molecule has 0 heterocycles. The van der Waals surface area contributed by atoms with Crippen LogP contribution in [0.15, 0.2) is 0 Å². The van der Waals surface area contributed by atoms with Crippen LogP contribution >= 0.6 is 11.8 Å². The predicted octanol–water partition coefficient (Wildman–Crippen LogP) is 3.27. The molecule has 0 amide bonds. The van der Waals surface area contributed by atoms with Gasteiger partial charge in [-0.1, -0.05) is 27.2 Å². The van der Waals surface area contributed by atoms with Crippen LogP contribution in [-0.4, -0.2) is 27.5 Å². The lowest BCUT2D eigenvalue weighted by molar-refractivity contribution is -0.116. The summed E-state index contributed by atoms with van der Waals surface area (Å²) in [7, 11) is 0. The highest BCUT2D eigenvalue weighted by Crippen LogP contribution is 2.42. The zero-order valence-corrected chi connectivity index (χ0v) is 12.3. The Labute approximate surface area is 110 Å². The van der Waals surface area contributed by atoms with Gasteiger partial charge in [-0.15, -0.1) is 0 Å². The molecule has 0 aromatic rings. The molecule has 100 valence electrons.